The van der Waals surface area contributed by atoms with E-state index in [0.717, 1.165) is 68.9 Å². The molecule has 2 aromatic carbocycles. The van der Waals surface area contributed by atoms with Crippen LogP contribution in [0, 0.1) is 19.8 Å². The molecule has 0 aliphatic carbocycles. The van der Waals surface area contributed by atoms with Crippen molar-refractivity contribution in [2.75, 3.05) is 46.4 Å². The van der Waals surface area contributed by atoms with Gasteiger partial charge in [0.1, 0.15) is 11.4 Å². The quantitative estimate of drug-likeness (QED) is 0.299. The molecule has 9 nitrogen and oxygen atoms in total. The first-order valence-electron chi connectivity index (χ1n) is 16.8. The second kappa shape index (κ2) is 14.7. The van der Waals surface area contributed by atoms with E-state index in [1.165, 1.54) is 16.7 Å². The zero-order valence-corrected chi connectivity index (χ0v) is 28.5. The number of piperidine rings is 2. The number of ether oxygens (including phenoxy) is 2. The van der Waals surface area contributed by atoms with Crippen molar-refractivity contribution in [2.24, 2.45) is 5.92 Å². The van der Waals surface area contributed by atoms with Crippen molar-refractivity contribution < 1.29 is 19.1 Å². The number of benzene rings is 2. The number of aryl methyl sites for hydroxylation is 2. The molecule has 248 valence electrons. The van der Waals surface area contributed by atoms with Crippen LogP contribution in [0.1, 0.15) is 85.1 Å². The molecular weight excluding hydrogens is 578 g/mol. The highest BCUT2D eigenvalue weighted by atomic mass is 16.6. The summed E-state index contributed by atoms with van der Waals surface area (Å²) in [4.78, 5) is 30.8. The first-order chi connectivity index (χ1) is 22.0. The Balaban J connectivity index is 1.21. The van der Waals surface area contributed by atoms with Crippen molar-refractivity contribution in [1.29, 1.82) is 0 Å². The average Bonchev–Trinajstić information content (AvgIpc) is 3.49. The first kappa shape index (κ1) is 33.5. The highest BCUT2D eigenvalue weighted by molar-refractivity contribution is 5.95. The number of nitrogens with zero attached hydrogens (tertiary/aromatic N) is 4. The van der Waals surface area contributed by atoms with Gasteiger partial charge in [-0.2, -0.15) is 5.10 Å². The molecule has 0 saturated carbocycles. The van der Waals surface area contributed by atoms with Gasteiger partial charge in [0.15, 0.2) is 0 Å². The number of hydrogen-bond acceptors (Lipinski definition) is 6. The lowest BCUT2D eigenvalue weighted by Crippen LogP contribution is -2.42. The van der Waals surface area contributed by atoms with Gasteiger partial charge in [0, 0.05) is 32.1 Å². The summed E-state index contributed by atoms with van der Waals surface area (Å²) < 4.78 is 12.8. The number of aromatic nitrogens is 2. The maximum atomic E-state index is 13.7. The number of likely N-dealkylation sites (tertiary alicyclic amines) is 2. The lowest BCUT2D eigenvalue weighted by molar-refractivity contribution is 0.0203. The highest BCUT2D eigenvalue weighted by Gasteiger charge is 2.32. The summed E-state index contributed by atoms with van der Waals surface area (Å²) in [5.41, 5.74) is 5.70. The SMILES string of the molecule is COc1ccc(CCN2CCC(CNC(=O)c3cnn(-c4ccc(C)c(C)c4)c3C3CCN(C(=O)OC(C)(C)C)CC3)CC2)cc1. The van der Waals surface area contributed by atoms with Crippen molar-refractivity contribution in [1.82, 2.24) is 24.9 Å². The van der Waals surface area contributed by atoms with Gasteiger partial charge in [-0.25, -0.2) is 9.48 Å². The van der Waals surface area contributed by atoms with Crippen LogP contribution in [0.5, 0.6) is 5.75 Å². The summed E-state index contributed by atoms with van der Waals surface area (Å²) >= 11 is 0. The lowest BCUT2D eigenvalue weighted by Gasteiger charge is -2.34. The fourth-order valence-electron chi connectivity index (χ4n) is 6.48. The second-order valence-corrected chi connectivity index (χ2v) is 14.0. The number of rotatable bonds is 9. The van der Waals surface area contributed by atoms with Gasteiger partial charge in [0.2, 0.25) is 0 Å². The average molecular weight is 630 g/mol. The third-order valence-corrected chi connectivity index (χ3v) is 9.45. The van der Waals surface area contributed by atoms with E-state index >= 15 is 0 Å². The molecule has 2 aliphatic rings. The molecule has 0 spiro atoms. The Morgan fingerprint density at radius 3 is 2.26 bits per heavy atom. The van der Waals surface area contributed by atoms with Crippen molar-refractivity contribution >= 4 is 12.0 Å². The topological polar surface area (TPSA) is 88.9 Å². The van der Waals surface area contributed by atoms with Crippen molar-refractivity contribution in [2.45, 2.75) is 78.2 Å². The Bertz CT molecular complexity index is 1480. The molecule has 1 N–H and O–H groups in total. The van der Waals surface area contributed by atoms with Crippen LogP contribution in [0.25, 0.3) is 5.69 Å². The predicted octanol–water partition coefficient (Wildman–Crippen LogP) is 6.30. The summed E-state index contributed by atoms with van der Waals surface area (Å²) in [6.45, 7) is 14.8. The molecule has 2 aliphatic heterocycles. The minimum atomic E-state index is -0.533. The number of nitrogens with one attached hydrogen (secondary N) is 1. The monoisotopic (exact) mass is 629 g/mol. The molecule has 9 heteroatoms. The summed E-state index contributed by atoms with van der Waals surface area (Å²) in [5.74, 6) is 1.37. The van der Waals surface area contributed by atoms with Crippen molar-refractivity contribution in [3.8, 4) is 11.4 Å². The van der Waals surface area contributed by atoms with Crippen LogP contribution in [-0.2, 0) is 11.2 Å². The van der Waals surface area contributed by atoms with E-state index in [0.29, 0.717) is 31.1 Å². The molecule has 0 unspecified atom stereocenters. The largest absolute Gasteiger partial charge is 0.497 e. The van der Waals surface area contributed by atoms with Crippen LogP contribution in [-0.4, -0.2) is 83.6 Å². The molecule has 2 saturated heterocycles. The summed E-state index contributed by atoms with van der Waals surface area (Å²) in [7, 11) is 1.69. The second-order valence-electron chi connectivity index (χ2n) is 14.0. The molecule has 0 bridgehead atoms. The molecule has 2 amide bonds. The number of carbonyl (C=O) groups is 2. The lowest BCUT2D eigenvalue weighted by atomic mass is 9.90. The van der Waals surface area contributed by atoms with E-state index in [-0.39, 0.29) is 17.9 Å². The van der Waals surface area contributed by atoms with Gasteiger partial charge >= 0.3 is 6.09 Å². The van der Waals surface area contributed by atoms with Crippen LogP contribution < -0.4 is 10.1 Å². The molecular formula is C37H51N5O4. The zero-order chi connectivity index (χ0) is 32.8. The van der Waals surface area contributed by atoms with E-state index in [1.54, 1.807) is 18.2 Å². The summed E-state index contributed by atoms with van der Waals surface area (Å²) in [6.07, 6.45) is 6.09. The van der Waals surface area contributed by atoms with Crippen LogP contribution in [0.4, 0.5) is 4.79 Å². The maximum absolute atomic E-state index is 13.7. The molecule has 3 aromatic rings. The van der Waals surface area contributed by atoms with Crippen LogP contribution in [0.2, 0.25) is 0 Å². The Morgan fingerprint density at radius 1 is 0.935 bits per heavy atom. The Labute approximate surface area is 274 Å². The minimum Gasteiger partial charge on any atom is -0.497 e. The van der Waals surface area contributed by atoms with E-state index in [4.69, 9.17) is 14.6 Å². The van der Waals surface area contributed by atoms with E-state index in [2.05, 4.69) is 54.4 Å². The zero-order valence-electron chi connectivity index (χ0n) is 28.5. The van der Waals surface area contributed by atoms with E-state index in [1.807, 2.05) is 37.6 Å². The van der Waals surface area contributed by atoms with Crippen molar-refractivity contribution in [3.05, 3.63) is 76.6 Å². The molecule has 0 radical (unpaired) electrons. The normalized spacial score (nSPS) is 16.8. The molecule has 0 atom stereocenters. The Hall–Kier alpha value is -3.85. The van der Waals surface area contributed by atoms with Crippen LogP contribution >= 0.6 is 0 Å². The van der Waals surface area contributed by atoms with Crippen LogP contribution in [0.3, 0.4) is 0 Å². The van der Waals surface area contributed by atoms with Crippen molar-refractivity contribution in [3.63, 3.8) is 0 Å². The fourth-order valence-corrected chi connectivity index (χ4v) is 6.48. The number of hydrogen-bond donors (Lipinski definition) is 1. The third kappa shape index (κ3) is 8.49. The summed E-state index contributed by atoms with van der Waals surface area (Å²) in [5, 5.41) is 8.02. The maximum Gasteiger partial charge on any atom is 0.410 e. The van der Waals surface area contributed by atoms with Gasteiger partial charge in [-0.1, -0.05) is 18.2 Å². The van der Waals surface area contributed by atoms with Gasteiger partial charge in [-0.15, -0.1) is 0 Å². The molecule has 1 aromatic heterocycles. The molecule has 3 heterocycles. The third-order valence-electron chi connectivity index (χ3n) is 9.45. The van der Waals surface area contributed by atoms with Gasteiger partial charge in [-0.05, 0) is 127 Å². The fraction of sp³-hybridized carbons (Fsp3) is 0.541. The van der Waals surface area contributed by atoms with Gasteiger partial charge in [0.05, 0.1) is 30.3 Å². The van der Waals surface area contributed by atoms with Gasteiger partial charge < -0.3 is 24.6 Å². The minimum absolute atomic E-state index is 0.0680. The molecule has 5 rings (SSSR count). The number of methoxy groups -OCH3 is 1. The number of amides is 2. The molecule has 46 heavy (non-hydrogen) atoms. The Kier molecular flexibility index (Phi) is 10.7. The Morgan fingerprint density at radius 2 is 1.63 bits per heavy atom. The van der Waals surface area contributed by atoms with Gasteiger partial charge in [-0.3, -0.25) is 4.79 Å². The molecule has 2 fully saturated rings. The first-order valence-corrected chi connectivity index (χ1v) is 16.8. The smallest absolute Gasteiger partial charge is 0.410 e. The van der Waals surface area contributed by atoms with E-state index < -0.39 is 5.60 Å². The highest BCUT2D eigenvalue weighted by Crippen LogP contribution is 2.33. The van der Waals surface area contributed by atoms with Crippen LogP contribution in [0.15, 0.2) is 48.7 Å². The summed E-state index contributed by atoms with van der Waals surface area (Å²) in [6, 6.07) is 14.6. The predicted molar refractivity (Wildman–Crippen MR) is 181 cm³/mol. The van der Waals surface area contributed by atoms with Gasteiger partial charge in [0.25, 0.3) is 5.91 Å². The standard InChI is InChI=1S/C37H51N5O4/c1-26-7-10-31(23-27(26)2)42-34(30-16-21-41(22-17-30)36(44)46-37(3,4)5)33(25-39-42)35(43)38-24-29-14-19-40(20-15-29)18-13-28-8-11-32(45-6)12-9-28/h7-12,23,25,29-30H,13-22,24H2,1-6H3,(H,38,43). The van der Waals surface area contributed by atoms with E-state index in [9.17, 15) is 9.59 Å². The number of carbonyl (C=O) groups excluding carboxylic acids is 2.